The Kier molecular flexibility index (Phi) is 3.54. The molecule has 7 heteroatoms. The largest absolute Gasteiger partial charge is 0.317 e. The summed E-state index contributed by atoms with van der Waals surface area (Å²) in [5.74, 6) is 0.672. The number of hydrogen-bond acceptors (Lipinski definition) is 4. The number of amides is 1. The zero-order chi connectivity index (χ0) is 16.7. The van der Waals surface area contributed by atoms with Crippen LogP contribution in [0.2, 0.25) is 5.02 Å². The third kappa shape index (κ3) is 2.45. The normalized spacial score (nSPS) is 13.9. The van der Waals surface area contributed by atoms with E-state index in [-0.39, 0.29) is 5.91 Å². The van der Waals surface area contributed by atoms with Crippen LogP contribution in [0.5, 0.6) is 0 Å². The molecule has 0 bridgehead atoms. The number of carbonyl (C=O) groups is 1. The third-order valence-corrected chi connectivity index (χ3v) is 4.39. The minimum Gasteiger partial charge on any atom is -0.317 e. The van der Waals surface area contributed by atoms with E-state index in [1.807, 2.05) is 23.7 Å². The van der Waals surface area contributed by atoms with Crippen LogP contribution < -0.4 is 4.90 Å². The maximum Gasteiger partial charge on any atom is 0.258 e. The lowest BCUT2D eigenvalue weighted by atomic mass is 9.98. The number of aromatic nitrogens is 4. The van der Waals surface area contributed by atoms with Gasteiger partial charge in [-0.2, -0.15) is 0 Å². The highest BCUT2D eigenvalue weighted by molar-refractivity contribution is 6.30. The molecule has 1 aliphatic heterocycles. The number of nitrogens with zero attached hydrogens (tertiary/aromatic N) is 5. The van der Waals surface area contributed by atoms with Crippen molar-refractivity contribution in [3.05, 3.63) is 59.1 Å². The molecule has 1 aromatic carbocycles. The molecule has 3 aromatic rings. The van der Waals surface area contributed by atoms with E-state index in [1.54, 1.807) is 35.8 Å². The number of anilines is 1. The summed E-state index contributed by atoms with van der Waals surface area (Å²) in [6.45, 7) is 0.593. The Morgan fingerprint density at radius 2 is 2.08 bits per heavy atom. The zero-order valence-electron chi connectivity index (χ0n) is 13.0. The summed E-state index contributed by atoms with van der Waals surface area (Å²) in [4.78, 5) is 18.8. The molecule has 1 aliphatic rings. The van der Waals surface area contributed by atoms with E-state index in [9.17, 15) is 4.79 Å². The van der Waals surface area contributed by atoms with Gasteiger partial charge in [-0.05, 0) is 36.2 Å². The lowest BCUT2D eigenvalue weighted by molar-refractivity contribution is 0.0980. The van der Waals surface area contributed by atoms with Crippen LogP contribution in [0.4, 0.5) is 5.69 Å². The molecule has 0 spiro atoms. The van der Waals surface area contributed by atoms with Crippen molar-refractivity contribution in [2.45, 2.75) is 6.42 Å². The number of halogens is 1. The first-order valence-electron chi connectivity index (χ1n) is 7.53. The number of benzene rings is 1. The summed E-state index contributed by atoms with van der Waals surface area (Å²) in [6.07, 6.45) is 5.80. The fourth-order valence-corrected chi connectivity index (χ4v) is 3.14. The summed E-state index contributed by atoms with van der Waals surface area (Å²) in [5.41, 5.74) is 3.25. The molecule has 0 N–H and O–H groups in total. The predicted octanol–water partition coefficient (Wildman–Crippen LogP) is 2.73. The van der Waals surface area contributed by atoms with Crippen molar-refractivity contribution in [1.82, 2.24) is 19.7 Å². The second-order valence-electron chi connectivity index (χ2n) is 5.71. The van der Waals surface area contributed by atoms with Gasteiger partial charge in [0, 0.05) is 35.9 Å². The van der Waals surface area contributed by atoms with Crippen molar-refractivity contribution < 1.29 is 4.79 Å². The standard InChI is InChI=1S/C17H14ClN5O/c1-22-10-20-21-16(22)12-7-14(9-19-8-12)23-5-4-11-6-13(18)2-3-15(11)17(23)24/h2-3,6-10H,4-5H2,1H3. The Labute approximate surface area is 143 Å². The Bertz CT molecular complexity index is 936. The Hall–Kier alpha value is -2.73. The molecule has 120 valence electrons. The van der Waals surface area contributed by atoms with Gasteiger partial charge in [-0.25, -0.2) is 0 Å². The van der Waals surface area contributed by atoms with E-state index in [0.717, 1.165) is 23.2 Å². The lowest BCUT2D eigenvalue weighted by Crippen LogP contribution is -2.37. The number of carbonyl (C=O) groups excluding carboxylic acids is 1. The van der Waals surface area contributed by atoms with Crippen LogP contribution in [0.3, 0.4) is 0 Å². The number of pyridine rings is 1. The molecule has 0 saturated carbocycles. The van der Waals surface area contributed by atoms with Gasteiger partial charge in [0.05, 0.1) is 11.9 Å². The van der Waals surface area contributed by atoms with Crippen LogP contribution in [-0.2, 0) is 13.5 Å². The highest BCUT2D eigenvalue weighted by Crippen LogP contribution is 2.28. The minimum atomic E-state index is -0.0372. The Morgan fingerprint density at radius 3 is 2.88 bits per heavy atom. The summed E-state index contributed by atoms with van der Waals surface area (Å²) in [5, 5.41) is 8.63. The molecule has 6 nitrogen and oxygen atoms in total. The van der Waals surface area contributed by atoms with E-state index in [1.165, 1.54) is 0 Å². The van der Waals surface area contributed by atoms with E-state index < -0.39 is 0 Å². The van der Waals surface area contributed by atoms with Gasteiger partial charge < -0.3 is 9.47 Å². The molecular formula is C17H14ClN5O. The highest BCUT2D eigenvalue weighted by Gasteiger charge is 2.26. The quantitative estimate of drug-likeness (QED) is 0.720. The Morgan fingerprint density at radius 1 is 1.21 bits per heavy atom. The van der Waals surface area contributed by atoms with Gasteiger partial charge in [0.2, 0.25) is 0 Å². The van der Waals surface area contributed by atoms with E-state index in [4.69, 9.17) is 11.6 Å². The van der Waals surface area contributed by atoms with E-state index in [2.05, 4.69) is 15.2 Å². The highest BCUT2D eigenvalue weighted by atomic mass is 35.5. The van der Waals surface area contributed by atoms with Crippen molar-refractivity contribution >= 4 is 23.2 Å². The minimum absolute atomic E-state index is 0.0372. The van der Waals surface area contributed by atoms with Crippen molar-refractivity contribution in [2.75, 3.05) is 11.4 Å². The summed E-state index contributed by atoms with van der Waals surface area (Å²) < 4.78 is 1.82. The van der Waals surface area contributed by atoms with Gasteiger partial charge in [-0.3, -0.25) is 9.78 Å². The van der Waals surface area contributed by atoms with Crippen molar-refractivity contribution in [3.63, 3.8) is 0 Å². The molecule has 4 rings (SSSR count). The maximum absolute atomic E-state index is 12.8. The monoisotopic (exact) mass is 339 g/mol. The molecule has 0 radical (unpaired) electrons. The van der Waals surface area contributed by atoms with Gasteiger partial charge >= 0.3 is 0 Å². The van der Waals surface area contributed by atoms with Crippen molar-refractivity contribution in [2.24, 2.45) is 7.05 Å². The van der Waals surface area contributed by atoms with Crippen molar-refractivity contribution in [3.8, 4) is 11.4 Å². The third-order valence-electron chi connectivity index (χ3n) is 4.15. The molecule has 2 aromatic heterocycles. The van der Waals surface area contributed by atoms with Gasteiger partial charge in [-0.15, -0.1) is 10.2 Å². The molecule has 0 aliphatic carbocycles. The molecule has 0 fully saturated rings. The van der Waals surface area contributed by atoms with Gasteiger partial charge in [-0.1, -0.05) is 11.6 Å². The molecular weight excluding hydrogens is 326 g/mol. The first-order valence-corrected chi connectivity index (χ1v) is 7.91. The maximum atomic E-state index is 12.8. The van der Waals surface area contributed by atoms with Gasteiger partial charge in [0.1, 0.15) is 6.33 Å². The SMILES string of the molecule is Cn1cnnc1-c1cncc(N2CCc3cc(Cl)ccc3C2=O)c1. The number of rotatable bonds is 2. The molecule has 1 amide bonds. The number of fused-ring (bicyclic) bond motifs is 1. The second kappa shape index (κ2) is 5.72. The van der Waals surface area contributed by atoms with E-state index in [0.29, 0.717) is 23.0 Å². The van der Waals surface area contributed by atoms with Crippen LogP contribution in [-0.4, -0.2) is 32.2 Å². The molecule has 24 heavy (non-hydrogen) atoms. The van der Waals surface area contributed by atoms with E-state index >= 15 is 0 Å². The number of hydrogen-bond donors (Lipinski definition) is 0. The van der Waals surface area contributed by atoms with Crippen LogP contribution in [0.25, 0.3) is 11.4 Å². The first kappa shape index (κ1) is 14.8. The lowest BCUT2D eigenvalue weighted by Gasteiger charge is -2.28. The molecule has 0 atom stereocenters. The Balaban J connectivity index is 1.71. The van der Waals surface area contributed by atoms with Crippen LogP contribution in [0.1, 0.15) is 15.9 Å². The summed E-state index contributed by atoms with van der Waals surface area (Å²) >= 11 is 6.02. The van der Waals surface area contributed by atoms with Crippen LogP contribution >= 0.6 is 11.6 Å². The van der Waals surface area contributed by atoms with Gasteiger partial charge in [0.15, 0.2) is 5.82 Å². The molecule has 0 unspecified atom stereocenters. The second-order valence-corrected chi connectivity index (χ2v) is 6.14. The zero-order valence-corrected chi connectivity index (χ0v) is 13.7. The van der Waals surface area contributed by atoms with Crippen LogP contribution in [0.15, 0.2) is 43.0 Å². The summed E-state index contributed by atoms with van der Waals surface area (Å²) in [6, 6.07) is 7.30. The molecule has 0 saturated heterocycles. The van der Waals surface area contributed by atoms with Crippen LogP contribution in [0, 0.1) is 0 Å². The number of aryl methyl sites for hydroxylation is 1. The molecule has 3 heterocycles. The van der Waals surface area contributed by atoms with Crippen molar-refractivity contribution in [1.29, 1.82) is 0 Å². The topological polar surface area (TPSA) is 63.9 Å². The summed E-state index contributed by atoms with van der Waals surface area (Å²) in [7, 11) is 1.87. The predicted molar refractivity (Wildman–Crippen MR) is 91.1 cm³/mol. The smallest absolute Gasteiger partial charge is 0.258 e. The average molecular weight is 340 g/mol. The average Bonchev–Trinajstić information content (AvgIpc) is 3.01. The fourth-order valence-electron chi connectivity index (χ4n) is 2.95. The van der Waals surface area contributed by atoms with Gasteiger partial charge in [0.25, 0.3) is 5.91 Å². The first-order chi connectivity index (χ1) is 11.6. The fraction of sp³-hybridized carbons (Fsp3) is 0.176.